The van der Waals surface area contributed by atoms with Crippen LogP contribution in [0.2, 0.25) is 10.0 Å². The van der Waals surface area contributed by atoms with Gasteiger partial charge in [0, 0.05) is 43.5 Å². The van der Waals surface area contributed by atoms with Gasteiger partial charge in [0.15, 0.2) is 5.41 Å². The molecule has 1 aliphatic carbocycles. The summed E-state index contributed by atoms with van der Waals surface area (Å²) in [7, 11) is 0. The fourth-order valence-corrected chi connectivity index (χ4v) is 8.63. The fraction of sp³-hybridized carbons (Fsp3) is 0.450. The predicted octanol–water partition coefficient (Wildman–Crippen LogP) is 7.93. The number of rotatable bonds is 13. The van der Waals surface area contributed by atoms with Crippen LogP contribution in [0, 0.1) is 11.3 Å². The van der Waals surface area contributed by atoms with Crippen molar-refractivity contribution in [2.75, 3.05) is 38.4 Å². The number of nitrogens with one attached hydrogen (secondary N) is 2. The highest BCUT2D eigenvalue weighted by Gasteiger charge is 2.64. The molecule has 1 spiro atoms. The van der Waals surface area contributed by atoms with E-state index < -0.39 is 46.0 Å². The number of carbonyl (C=O) groups is 4. The van der Waals surface area contributed by atoms with E-state index in [1.165, 1.54) is 0 Å². The van der Waals surface area contributed by atoms with E-state index in [9.17, 15) is 19.2 Å². The number of halogens is 2. The minimum Gasteiger partial charge on any atom is -0.465 e. The Morgan fingerprint density at radius 2 is 1.47 bits per heavy atom. The van der Waals surface area contributed by atoms with E-state index in [-0.39, 0.29) is 45.2 Å². The molecule has 2 heterocycles. The summed E-state index contributed by atoms with van der Waals surface area (Å²) in [5.41, 5.74) is -0.0363. The molecule has 2 N–H and O–H groups in total. The van der Waals surface area contributed by atoms with Crippen LogP contribution in [-0.2, 0) is 54.0 Å². The van der Waals surface area contributed by atoms with Crippen LogP contribution in [0.25, 0.3) is 21.8 Å². The first-order chi connectivity index (χ1) is 25.3. The third kappa shape index (κ3) is 6.35. The molecule has 6 rings (SSSR count). The Bertz CT molecular complexity index is 2080. The first kappa shape index (κ1) is 38.6. The fourth-order valence-electron chi connectivity index (χ4n) is 8.16. The monoisotopic (exact) mass is 766 g/mol. The van der Waals surface area contributed by atoms with E-state index in [4.69, 9.17) is 47.2 Å². The number of anilines is 1. The van der Waals surface area contributed by atoms with Gasteiger partial charge in [-0.05, 0) is 113 Å². The molecule has 282 valence electrons. The maximum absolute atomic E-state index is 14.4. The number of esters is 3. The smallest absolute Gasteiger partial charge is 0.323 e. The second-order valence-electron chi connectivity index (χ2n) is 14.0. The lowest BCUT2D eigenvalue weighted by molar-refractivity contribution is -0.299. The van der Waals surface area contributed by atoms with E-state index in [0.717, 1.165) is 21.8 Å². The summed E-state index contributed by atoms with van der Waals surface area (Å²) in [5, 5.41) is 5.57. The normalized spacial score (nSPS) is 20.7. The molecule has 4 aromatic rings. The zero-order chi connectivity index (χ0) is 38.3. The number of hydrogen-bond donors (Lipinski definition) is 2. The molecule has 53 heavy (non-hydrogen) atoms. The Balaban J connectivity index is 1.51. The second kappa shape index (κ2) is 14.9. The molecule has 13 heteroatoms. The van der Waals surface area contributed by atoms with Gasteiger partial charge in [0.25, 0.3) is 0 Å². The average molecular weight is 768 g/mol. The van der Waals surface area contributed by atoms with Gasteiger partial charge < -0.3 is 24.5 Å². The van der Waals surface area contributed by atoms with E-state index in [0.29, 0.717) is 39.0 Å². The quantitative estimate of drug-likeness (QED) is 0.0346. The van der Waals surface area contributed by atoms with Gasteiger partial charge in [0.2, 0.25) is 5.91 Å². The Morgan fingerprint density at radius 1 is 0.811 bits per heavy atom. The molecule has 1 aromatic heterocycles. The van der Waals surface area contributed by atoms with Crippen LogP contribution in [0.3, 0.4) is 0 Å². The van der Waals surface area contributed by atoms with Crippen molar-refractivity contribution in [3.63, 3.8) is 0 Å². The predicted molar refractivity (Wildman–Crippen MR) is 201 cm³/mol. The molecule has 2 aliphatic rings. The highest BCUT2D eigenvalue weighted by Crippen LogP contribution is 2.63. The number of fused-ring (bicyclic) bond motifs is 5. The molecule has 0 saturated heterocycles. The van der Waals surface area contributed by atoms with Crippen molar-refractivity contribution in [3.8, 4) is 0 Å². The van der Waals surface area contributed by atoms with Crippen molar-refractivity contribution in [2.45, 2.75) is 71.1 Å². The standard InChI is InChI=1S/C40H44Cl2N2O9/c1-7-49-35(46)38(5,21-53-52-10-4)22-11-13-25-26-18-30(42)27(19-33(26)43-32(25)16-22)28-15-23(39(6,36(47)50-8-2)37(48)51-9-3)20-40(28)29-17-24(41)12-14-31(29)44-34(40)45/h11-14,16-19,23,28,43H,7-10,15,20-21H2,1-6H3,(H,44,45). The Morgan fingerprint density at radius 3 is 2.13 bits per heavy atom. The van der Waals surface area contributed by atoms with E-state index in [2.05, 4.69) is 10.3 Å². The van der Waals surface area contributed by atoms with Crippen molar-refractivity contribution in [1.82, 2.24) is 4.98 Å². The largest absolute Gasteiger partial charge is 0.465 e. The number of H-pyrrole nitrogens is 1. The molecule has 0 bridgehead atoms. The summed E-state index contributed by atoms with van der Waals surface area (Å²) in [6.07, 6.45) is 0.368. The van der Waals surface area contributed by atoms with Crippen molar-refractivity contribution < 1.29 is 43.2 Å². The summed E-state index contributed by atoms with van der Waals surface area (Å²) in [6, 6.07) is 14.7. The third-order valence-corrected chi connectivity index (χ3v) is 11.6. The maximum atomic E-state index is 14.4. The zero-order valence-electron chi connectivity index (χ0n) is 30.7. The van der Waals surface area contributed by atoms with Crippen molar-refractivity contribution in [1.29, 1.82) is 0 Å². The molecule has 1 fully saturated rings. The number of benzene rings is 3. The van der Waals surface area contributed by atoms with Crippen molar-refractivity contribution in [2.24, 2.45) is 11.3 Å². The molecule has 1 saturated carbocycles. The van der Waals surface area contributed by atoms with E-state index >= 15 is 0 Å². The zero-order valence-corrected chi connectivity index (χ0v) is 32.2. The van der Waals surface area contributed by atoms with Crippen LogP contribution in [0.1, 0.15) is 77.0 Å². The number of carbonyl (C=O) groups excluding carboxylic acids is 4. The number of aromatic nitrogens is 1. The molecule has 3 aromatic carbocycles. The highest BCUT2D eigenvalue weighted by atomic mass is 35.5. The van der Waals surface area contributed by atoms with Crippen LogP contribution in [0.5, 0.6) is 0 Å². The number of hydrogen-bond acceptors (Lipinski definition) is 9. The first-order valence-corrected chi connectivity index (χ1v) is 18.7. The second-order valence-corrected chi connectivity index (χ2v) is 14.8. The lowest BCUT2D eigenvalue weighted by Crippen LogP contribution is -2.46. The highest BCUT2D eigenvalue weighted by molar-refractivity contribution is 6.33. The van der Waals surface area contributed by atoms with Crippen molar-refractivity contribution in [3.05, 3.63) is 75.3 Å². The average Bonchev–Trinajstić information content (AvgIpc) is 3.79. The molecular formula is C40H44Cl2N2O9. The van der Waals surface area contributed by atoms with E-state index in [1.54, 1.807) is 59.7 Å². The van der Waals surface area contributed by atoms with Gasteiger partial charge in [-0.15, -0.1) is 0 Å². The molecule has 11 nitrogen and oxygen atoms in total. The first-order valence-electron chi connectivity index (χ1n) is 17.9. The molecule has 0 radical (unpaired) electrons. The summed E-state index contributed by atoms with van der Waals surface area (Å²) in [6.45, 7) is 10.8. The van der Waals surface area contributed by atoms with E-state index in [1.807, 2.05) is 30.3 Å². The number of amides is 1. The Kier molecular flexibility index (Phi) is 10.9. The lowest BCUT2D eigenvalue weighted by atomic mass is 9.69. The minimum atomic E-state index is -1.71. The summed E-state index contributed by atoms with van der Waals surface area (Å²) in [5.74, 6) is -3.40. The Labute approximate surface area is 317 Å². The van der Waals surface area contributed by atoms with Crippen LogP contribution >= 0.6 is 23.2 Å². The van der Waals surface area contributed by atoms with Crippen LogP contribution in [0.4, 0.5) is 5.69 Å². The van der Waals surface area contributed by atoms with Gasteiger partial charge >= 0.3 is 17.9 Å². The summed E-state index contributed by atoms with van der Waals surface area (Å²) < 4.78 is 16.4. The van der Waals surface area contributed by atoms with Gasteiger partial charge in [-0.3, -0.25) is 19.2 Å². The number of ether oxygens (including phenoxy) is 3. The van der Waals surface area contributed by atoms with Gasteiger partial charge in [0.1, 0.15) is 12.0 Å². The van der Waals surface area contributed by atoms with Gasteiger partial charge in [0.05, 0.1) is 31.8 Å². The minimum absolute atomic E-state index is 0.0591. The topological polar surface area (TPSA) is 142 Å². The van der Waals surface area contributed by atoms with Crippen molar-refractivity contribution >= 4 is 74.5 Å². The summed E-state index contributed by atoms with van der Waals surface area (Å²) >= 11 is 13.7. The number of aromatic amines is 1. The van der Waals surface area contributed by atoms with Crippen LogP contribution in [0.15, 0.2) is 48.5 Å². The van der Waals surface area contributed by atoms with Gasteiger partial charge in [-0.25, -0.2) is 9.78 Å². The van der Waals surface area contributed by atoms with Crippen LogP contribution in [-0.4, -0.2) is 61.8 Å². The Hall–Kier alpha value is -4.16. The maximum Gasteiger partial charge on any atom is 0.323 e. The van der Waals surface area contributed by atoms with Gasteiger partial charge in [-0.2, -0.15) is 0 Å². The molecular weight excluding hydrogens is 723 g/mol. The SMILES string of the molecule is CCOOCC(C)(C(=O)OCC)c1ccc2c(c1)[nH]c1cc(C3CC(C(C)(C(=O)OCC)C(=O)OCC)CC34C(=O)Nc3ccc(Cl)cc34)c(Cl)cc12. The van der Waals surface area contributed by atoms with Crippen LogP contribution < -0.4 is 5.32 Å². The molecule has 1 aliphatic heterocycles. The molecule has 4 unspecified atom stereocenters. The summed E-state index contributed by atoms with van der Waals surface area (Å²) in [4.78, 5) is 68.9. The lowest BCUT2D eigenvalue weighted by Gasteiger charge is -2.32. The third-order valence-electron chi connectivity index (χ3n) is 11.0. The molecule has 1 amide bonds. The van der Waals surface area contributed by atoms with Gasteiger partial charge in [-0.1, -0.05) is 35.3 Å². The molecule has 4 atom stereocenters.